The lowest BCUT2D eigenvalue weighted by atomic mass is 10.0. The molecule has 0 saturated heterocycles. The number of ether oxygens (including phenoxy) is 3. The summed E-state index contributed by atoms with van der Waals surface area (Å²) >= 11 is 0. The zero-order chi connectivity index (χ0) is 56.4. The van der Waals surface area contributed by atoms with Crippen molar-refractivity contribution in [2.45, 2.75) is 406 Å². The number of hydrogen-bond acceptors (Lipinski definition) is 6. The molecule has 0 heterocycles. The maximum Gasteiger partial charge on any atom is 0.306 e. The van der Waals surface area contributed by atoms with E-state index in [1.54, 1.807) is 0 Å². The Labute approximate surface area is 487 Å². The van der Waals surface area contributed by atoms with Crippen LogP contribution in [-0.4, -0.2) is 37.2 Å². The highest BCUT2D eigenvalue weighted by atomic mass is 16.6. The number of hydrogen-bond donors (Lipinski definition) is 0. The Kier molecular flexibility index (Phi) is 65.6. The Balaban J connectivity index is 4.27. The van der Waals surface area contributed by atoms with Crippen LogP contribution in [0.4, 0.5) is 0 Å². The first-order valence-electron chi connectivity index (χ1n) is 35.3. The van der Waals surface area contributed by atoms with Crippen molar-refractivity contribution < 1.29 is 28.6 Å². The van der Waals surface area contributed by atoms with Crippen LogP contribution in [0.15, 0.2) is 24.3 Å². The Morgan fingerprint density at radius 1 is 0.256 bits per heavy atom. The number of allylic oxidation sites excluding steroid dienone is 4. The minimum atomic E-state index is -0.768. The Morgan fingerprint density at radius 3 is 0.705 bits per heavy atom. The average Bonchev–Trinajstić information content (AvgIpc) is 3.44. The summed E-state index contributed by atoms with van der Waals surface area (Å²) in [4.78, 5) is 38.4. The van der Waals surface area contributed by atoms with Crippen LogP contribution in [0.25, 0.3) is 0 Å². The van der Waals surface area contributed by atoms with E-state index in [1.165, 1.54) is 295 Å². The predicted molar refractivity (Wildman–Crippen MR) is 340 cm³/mol. The van der Waals surface area contributed by atoms with Crippen molar-refractivity contribution in [1.82, 2.24) is 0 Å². The van der Waals surface area contributed by atoms with E-state index in [0.29, 0.717) is 19.3 Å². The monoisotopic (exact) mass is 1100 g/mol. The second-order valence-corrected chi connectivity index (χ2v) is 24.2. The van der Waals surface area contributed by atoms with Crippen molar-refractivity contribution in [3.05, 3.63) is 24.3 Å². The van der Waals surface area contributed by atoms with Gasteiger partial charge in [-0.05, 0) is 51.4 Å². The van der Waals surface area contributed by atoms with Crippen LogP contribution in [0.3, 0.4) is 0 Å². The van der Waals surface area contributed by atoms with Crippen molar-refractivity contribution in [3.8, 4) is 0 Å². The van der Waals surface area contributed by atoms with Crippen molar-refractivity contribution >= 4 is 17.9 Å². The van der Waals surface area contributed by atoms with Gasteiger partial charge in [-0.3, -0.25) is 14.4 Å². The number of unbranched alkanes of at least 4 members (excludes halogenated alkanes) is 51. The fraction of sp³-hybridized carbons (Fsp3) is 0.903. The third kappa shape index (κ3) is 64.7. The largest absolute Gasteiger partial charge is 0.462 e. The Hall–Kier alpha value is -2.11. The maximum atomic E-state index is 13.0. The van der Waals surface area contributed by atoms with Crippen LogP contribution in [0.1, 0.15) is 400 Å². The molecule has 0 fully saturated rings. The molecule has 0 saturated carbocycles. The van der Waals surface area contributed by atoms with Gasteiger partial charge in [-0.2, -0.15) is 0 Å². The molecule has 0 radical (unpaired) electrons. The molecule has 0 aliphatic heterocycles. The van der Waals surface area contributed by atoms with Crippen LogP contribution in [0, 0.1) is 0 Å². The van der Waals surface area contributed by atoms with Crippen LogP contribution in [-0.2, 0) is 28.6 Å². The molecule has 6 heteroatoms. The summed E-state index contributed by atoms with van der Waals surface area (Å²) in [6, 6.07) is 0. The van der Waals surface area contributed by atoms with Gasteiger partial charge in [0.1, 0.15) is 13.2 Å². The quantitative estimate of drug-likeness (QED) is 0.0261. The first kappa shape index (κ1) is 75.9. The van der Waals surface area contributed by atoms with E-state index in [0.717, 1.165) is 64.2 Å². The first-order chi connectivity index (χ1) is 38.5. The van der Waals surface area contributed by atoms with Gasteiger partial charge < -0.3 is 14.2 Å². The van der Waals surface area contributed by atoms with E-state index < -0.39 is 6.10 Å². The van der Waals surface area contributed by atoms with Crippen LogP contribution in [0.5, 0.6) is 0 Å². The van der Waals surface area contributed by atoms with Crippen LogP contribution < -0.4 is 0 Å². The third-order valence-corrected chi connectivity index (χ3v) is 16.2. The lowest BCUT2D eigenvalue weighted by Crippen LogP contribution is -2.30. The summed E-state index contributed by atoms with van der Waals surface area (Å²) in [6.07, 6.45) is 82.0. The summed E-state index contributed by atoms with van der Waals surface area (Å²) in [5.41, 5.74) is 0. The average molecular weight is 1100 g/mol. The van der Waals surface area contributed by atoms with Crippen molar-refractivity contribution in [1.29, 1.82) is 0 Å². The molecule has 6 nitrogen and oxygen atoms in total. The van der Waals surface area contributed by atoms with E-state index in [4.69, 9.17) is 14.2 Å². The minimum absolute atomic E-state index is 0.0647. The summed E-state index contributed by atoms with van der Waals surface area (Å²) in [5.74, 6) is -0.832. The number of esters is 3. The lowest BCUT2D eigenvalue weighted by Gasteiger charge is -2.18. The summed E-state index contributed by atoms with van der Waals surface area (Å²) < 4.78 is 17.0. The van der Waals surface area contributed by atoms with Crippen molar-refractivity contribution in [2.75, 3.05) is 13.2 Å². The highest BCUT2D eigenvalue weighted by Crippen LogP contribution is 2.19. The van der Waals surface area contributed by atoms with Gasteiger partial charge in [0, 0.05) is 19.3 Å². The van der Waals surface area contributed by atoms with E-state index in [-0.39, 0.29) is 31.1 Å². The van der Waals surface area contributed by atoms with E-state index >= 15 is 0 Å². The van der Waals surface area contributed by atoms with Gasteiger partial charge in [-0.1, -0.05) is 353 Å². The number of carbonyl (C=O) groups excluding carboxylic acids is 3. The molecular formula is C72H136O6. The maximum absolute atomic E-state index is 13.0. The molecule has 0 N–H and O–H groups in total. The Morgan fingerprint density at radius 2 is 0.462 bits per heavy atom. The molecule has 0 bridgehead atoms. The summed E-state index contributed by atoms with van der Waals surface area (Å²) in [7, 11) is 0. The zero-order valence-electron chi connectivity index (χ0n) is 53.0. The first-order valence-corrected chi connectivity index (χ1v) is 35.3. The van der Waals surface area contributed by atoms with Gasteiger partial charge in [0.2, 0.25) is 0 Å². The highest BCUT2D eigenvalue weighted by molar-refractivity contribution is 5.71. The van der Waals surface area contributed by atoms with Gasteiger partial charge in [0.15, 0.2) is 6.10 Å². The third-order valence-electron chi connectivity index (χ3n) is 16.2. The summed E-state index contributed by atoms with van der Waals surface area (Å²) in [5, 5.41) is 0. The molecule has 0 amide bonds. The van der Waals surface area contributed by atoms with E-state index in [1.807, 2.05) is 0 Å². The molecule has 0 aliphatic carbocycles. The van der Waals surface area contributed by atoms with Gasteiger partial charge in [-0.25, -0.2) is 0 Å². The molecule has 0 aliphatic rings. The highest BCUT2D eigenvalue weighted by Gasteiger charge is 2.19. The zero-order valence-corrected chi connectivity index (χ0v) is 53.0. The molecule has 1 atom stereocenters. The van der Waals surface area contributed by atoms with E-state index in [9.17, 15) is 14.4 Å². The molecule has 0 rings (SSSR count). The standard InChI is InChI=1S/C72H136O6/c1-4-7-10-13-16-19-22-25-28-30-32-34-36-38-39-41-44-47-50-53-56-59-62-65-71(74)77-68-69(67-76-70(73)64-61-58-55-52-49-46-43-27-24-21-18-15-12-9-6-3)78-72(75)66-63-60-57-54-51-48-45-42-40-37-35-33-31-29-26-23-20-17-14-11-8-5-2/h22,25,30,32,69H,4-21,23-24,26-29,31,33-68H2,1-3H3/b25-22-,32-30-. The number of rotatable bonds is 66. The topological polar surface area (TPSA) is 78.9 Å². The lowest BCUT2D eigenvalue weighted by molar-refractivity contribution is -0.167. The van der Waals surface area contributed by atoms with Crippen molar-refractivity contribution in [3.63, 3.8) is 0 Å². The van der Waals surface area contributed by atoms with Gasteiger partial charge in [-0.15, -0.1) is 0 Å². The molecular weight excluding hydrogens is 961 g/mol. The fourth-order valence-electron chi connectivity index (χ4n) is 10.9. The van der Waals surface area contributed by atoms with E-state index in [2.05, 4.69) is 45.1 Å². The second kappa shape index (κ2) is 67.4. The molecule has 0 spiro atoms. The van der Waals surface area contributed by atoms with Gasteiger partial charge in [0.05, 0.1) is 0 Å². The van der Waals surface area contributed by atoms with Gasteiger partial charge >= 0.3 is 17.9 Å². The van der Waals surface area contributed by atoms with Crippen molar-refractivity contribution in [2.24, 2.45) is 0 Å². The SMILES string of the molecule is CCCCCCC/C=C\C/C=C\CCCCCCCCCCCCCC(=O)OCC(COC(=O)CCCCCCCCCCCCCCCCC)OC(=O)CCCCCCCCCCCCCCCCCCCCCCCC. The van der Waals surface area contributed by atoms with Gasteiger partial charge in [0.25, 0.3) is 0 Å². The molecule has 460 valence electrons. The van der Waals surface area contributed by atoms with Crippen LogP contribution >= 0.6 is 0 Å². The Bertz CT molecular complexity index is 1260. The number of carbonyl (C=O) groups is 3. The molecule has 1 unspecified atom stereocenters. The molecule has 0 aromatic heterocycles. The molecule has 78 heavy (non-hydrogen) atoms. The second-order valence-electron chi connectivity index (χ2n) is 24.2. The normalized spacial score (nSPS) is 12.1. The summed E-state index contributed by atoms with van der Waals surface area (Å²) in [6.45, 7) is 6.72. The fourth-order valence-corrected chi connectivity index (χ4v) is 10.9. The molecule has 0 aromatic rings. The van der Waals surface area contributed by atoms with Crippen LogP contribution in [0.2, 0.25) is 0 Å². The smallest absolute Gasteiger partial charge is 0.306 e. The molecule has 0 aromatic carbocycles. The minimum Gasteiger partial charge on any atom is -0.462 e. The predicted octanol–water partition coefficient (Wildman–Crippen LogP) is 24.2.